The molecule has 4 aliphatic rings. The molecule has 1 saturated heterocycles. The SMILES string of the molecule is CC1(C)N[C@@H]2C[C@]3(O)C(=Nc4ccccc43)[C@]3(C)C[C@@H](O)[C@H]1C[C@H]23. The van der Waals surface area contributed by atoms with Crippen molar-refractivity contribution in [2.45, 2.75) is 63.3 Å². The fourth-order valence-electron chi connectivity index (χ4n) is 6.34. The molecule has 2 heterocycles. The third-order valence-corrected chi connectivity index (χ3v) is 7.42. The van der Waals surface area contributed by atoms with E-state index in [4.69, 9.17) is 4.99 Å². The van der Waals surface area contributed by atoms with E-state index in [9.17, 15) is 10.2 Å². The van der Waals surface area contributed by atoms with Gasteiger partial charge in [0, 0.05) is 34.9 Å². The number of rotatable bonds is 0. The van der Waals surface area contributed by atoms with E-state index < -0.39 is 5.60 Å². The zero-order valence-corrected chi connectivity index (χ0v) is 14.6. The van der Waals surface area contributed by atoms with Crippen molar-refractivity contribution in [3.63, 3.8) is 0 Å². The summed E-state index contributed by atoms with van der Waals surface area (Å²) < 4.78 is 0. The van der Waals surface area contributed by atoms with Gasteiger partial charge in [-0.25, -0.2) is 0 Å². The van der Waals surface area contributed by atoms with Gasteiger partial charge < -0.3 is 15.5 Å². The summed E-state index contributed by atoms with van der Waals surface area (Å²) in [7, 11) is 0. The average Bonchev–Trinajstić information content (AvgIpc) is 2.80. The summed E-state index contributed by atoms with van der Waals surface area (Å²) in [6.07, 6.45) is 2.02. The molecule has 128 valence electrons. The minimum absolute atomic E-state index is 0.106. The molecule has 0 spiro atoms. The predicted molar refractivity (Wildman–Crippen MR) is 93.4 cm³/mol. The van der Waals surface area contributed by atoms with Crippen LogP contribution in [0.5, 0.6) is 0 Å². The number of hydrogen-bond acceptors (Lipinski definition) is 4. The highest BCUT2D eigenvalue weighted by atomic mass is 16.3. The minimum atomic E-state index is -1.00. The Hall–Kier alpha value is -1.23. The minimum Gasteiger partial charge on any atom is -0.393 e. The van der Waals surface area contributed by atoms with Gasteiger partial charge in [-0.1, -0.05) is 25.1 Å². The van der Waals surface area contributed by atoms with Crippen molar-refractivity contribution in [1.29, 1.82) is 0 Å². The number of nitrogens with one attached hydrogen (secondary N) is 1. The van der Waals surface area contributed by atoms with Gasteiger partial charge >= 0.3 is 0 Å². The normalized spacial score (nSPS) is 47.6. The summed E-state index contributed by atoms with van der Waals surface area (Å²) in [6, 6.07) is 8.21. The van der Waals surface area contributed by atoms with Crippen molar-refractivity contribution < 1.29 is 10.2 Å². The third kappa shape index (κ3) is 1.62. The number of fused-ring (bicyclic) bond motifs is 5. The fourth-order valence-corrected chi connectivity index (χ4v) is 6.34. The molecule has 0 amide bonds. The molecule has 1 aromatic rings. The lowest BCUT2D eigenvalue weighted by Gasteiger charge is -2.63. The Morgan fingerprint density at radius 3 is 2.67 bits per heavy atom. The molecule has 0 aromatic heterocycles. The molecular formula is C20H26N2O2. The van der Waals surface area contributed by atoms with Crippen molar-refractivity contribution in [2.75, 3.05) is 0 Å². The van der Waals surface area contributed by atoms with Gasteiger partial charge in [0.25, 0.3) is 0 Å². The second kappa shape index (κ2) is 4.29. The summed E-state index contributed by atoms with van der Waals surface area (Å²) in [5.74, 6) is 0.689. The standard InChI is InChI=1S/C20H26N2O2/c1-18(2)13-8-12-15(22-18)9-20(24)11-6-4-5-7-14(11)21-17(20)19(12,3)10-16(13)23/h4-7,12-13,15-16,22-24H,8-10H2,1-3H3/t12-,13-,15-,16-,19-,20-/m1/s1. The van der Waals surface area contributed by atoms with Gasteiger partial charge in [0.2, 0.25) is 0 Å². The monoisotopic (exact) mass is 326 g/mol. The van der Waals surface area contributed by atoms with Crippen molar-refractivity contribution in [3.05, 3.63) is 29.8 Å². The number of hydrogen-bond donors (Lipinski definition) is 3. The van der Waals surface area contributed by atoms with Crippen LogP contribution in [0.4, 0.5) is 5.69 Å². The van der Waals surface area contributed by atoms with Crippen LogP contribution < -0.4 is 5.32 Å². The highest BCUT2D eigenvalue weighted by Gasteiger charge is 2.65. The molecule has 4 heteroatoms. The van der Waals surface area contributed by atoms with Gasteiger partial charge in [0.1, 0.15) is 5.60 Å². The van der Waals surface area contributed by atoms with Crippen LogP contribution in [0.1, 0.15) is 45.6 Å². The van der Waals surface area contributed by atoms with E-state index in [-0.39, 0.29) is 29.0 Å². The summed E-state index contributed by atoms with van der Waals surface area (Å²) in [5, 5.41) is 26.3. The molecule has 3 N–H and O–H groups in total. The number of benzene rings is 1. The second-order valence-electron chi connectivity index (χ2n) is 9.15. The van der Waals surface area contributed by atoms with E-state index in [2.05, 4.69) is 26.1 Å². The molecule has 5 rings (SSSR count). The third-order valence-electron chi connectivity index (χ3n) is 7.42. The predicted octanol–water partition coefficient (Wildman–Crippen LogP) is 2.51. The van der Waals surface area contributed by atoms with E-state index >= 15 is 0 Å². The first-order valence-corrected chi connectivity index (χ1v) is 9.13. The van der Waals surface area contributed by atoms with Gasteiger partial charge in [0.05, 0.1) is 17.5 Å². The van der Waals surface area contributed by atoms with Crippen LogP contribution in [0.3, 0.4) is 0 Å². The van der Waals surface area contributed by atoms with Crippen LogP contribution in [-0.2, 0) is 5.60 Å². The van der Waals surface area contributed by atoms with Crippen LogP contribution in [0.25, 0.3) is 0 Å². The van der Waals surface area contributed by atoms with E-state index in [1.165, 1.54) is 0 Å². The van der Waals surface area contributed by atoms with Gasteiger partial charge in [-0.2, -0.15) is 0 Å². The summed E-state index contributed by atoms with van der Waals surface area (Å²) in [4.78, 5) is 4.88. The quantitative estimate of drug-likeness (QED) is 0.686. The van der Waals surface area contributed by atoms with Crippen molar-refractivity contribution in [2.24, 2.45) is 22.2 Å². The first-order valence-electron chi connectivity index (χ1n) is 9.13. The maximum Gasteiger partial charge on any atom is 0.132 e. The summed E-state index contributed by atoms with van der Waals surface area (Å²) >= 11 is 0. The Morgan fingerprint density at radius 1 is 1.12 bits per heavy atom. The molecule has 3 fully saturated rings. The Labute approximate surface area is 143 Å². The molecule has 6 atom stereocenters. The number of aliphatic hydroxyl groups is 2. The zero-order chi connectivity index (χ0) is 16.9. The Bertz CT molecular complexity index is 758. The summed E-state index contributed by atoms with van der Waals surface area (Å²) in [5.41, 5.74) is 1.35. The molecule has 0 unspecified atom stereocenters. The van der Waals surface area contributed by atoms with Crippen LogP contribution in [0.2, 0.25) is 0 Å². The van der Waals surface area contributed by atoms with Gasteiger partial charge in [0.15, 0.2) is 0 Å². The molecule has 2 aliphatic carbocycles. The zero-order valence-electron chi connectivity index (χ0n) is 14.6. The maximum absolute atomic E-state index is 11.7. The van der Waals surface area contributed by atoms with Gasteiger partial charge in [-0.15, -0.1) is 0 Å². The molecule has 1 aromatic carbocycles. The maximum atomic E-state index is 11.7. The molecule has 2 bridgehead atoms. The molecule has 2 aliphatic heterocycles. The van der Waals surface area contributed by atoms with Crippen LogP contribution in [0.15, 0.2) is 29.3 Å². The first kappa shape index (κ1) is 15.1. The Kier molecular flexibility index (Phi) is 2.69. The van der Waals surface area contributed by atoms with E-state index in [0.29, 0.717) is 18.8 Å². The number of nitrogens with zero attached hydrogens (tertiary/aromatic N) is 1. The average molecular weight is 326 g/mol. The Morgan fingerprint density at radius 2 is 1.88 bits per heavy atom. The largest absolute Gasteiger partial charge is 0.393 e. The van der Waals surface area contributed by atoms with E-state index in [1.54, 1.807) is 0 Å². The van der Waals surface area contributed by atoms with Crippen molar-refractivity contribution in [3.8, 4) is 0 Å². The molecule has 24 heavy (non-hydrogen) atoms. The lowest BCUT2D eigenvalue weighted by Crippen LogP contribution is -2.73. The second-order valence-corrected chi connectivity index (χ2v) is 9.15. The number of piperidine rings is 1. The van der Waals surface area contributed by atoms with Crippen LogP contribution >= 0.6 is 0 Å². The van der Waals surface area contributed by atoms with Crippen LogP contribution in [0, 0.1) is 17.3 Å². The van der Waals surface area contributed by atoms with Crippen molar-refractivity contribution in [1.82, 2.24) is 5.32 Å². The number of para-hydroxylation sites is 1. The molecule has 4 nitrogen and oxygen atoms in total. The topological polar surface area (TPSA) is 64.8 Å². The number of aliphatic imine (C=N–C) groups is 1. The summed E-state index contributed by atoms with van der Waals surface area (Å²) in [6.45, 7) is 6.59. The lowest BCUT2D eigenvalue weighted by molar-refractivity contribution is -0.111. The van der Waals surface area contributed by atoms with E-state index in [0.717, 1.165) is 23.4 Å². The fraction of sp³-hybridized carbons (Fsp3) is 0.650. The molecule has 2 saturated carbocycles. The van der Waals surface area contributed by atoms with Gasteiger partial charge in [-0.3, -0.25) is 4.99 Å². The smallest absolute Gasteiger partial charge is 0.132 e. The Balaban J connectivity index is 1.69. The number of aliphatic hydroxyl groups excluding tert-OH is 1. The highest BCUT2D eigenvalue weighted by molar-refractivity contribution is 6.05. The van der Waals surface area contributed by atoms with Gasteiger partial charge in [-0.05, 0) is 38.7 Å². The molecular weight excluding hydrogens is 300 g/mol. The van der Waals surface area contributed by atoms with E-state index in [1.807, 2.05) is 24.3 Å². The molecule has 0 radical (unpaired) electrons. The first-order chi connectivity index (χ1) is 11.3. The highest BCUT2D eigenvalue weighted by Crippen LogP contribution is 2.61. The van der Waals surface area contributed by atoms with Crippen molar-refractivity contribution >= 4 is 11.4 Å². The lowest BCUT2D eigenvalue weighted by atomic mass is 9.47. The van der Waals surface area contributed by atoms with Crippen LogP contribution in [-0.4, -0.2) is 33.6 Å².